The van der Waals surface area contributed by atoms with Gasteiger partial charge in [-0.3, -0.25) is 14.6 Å². The van der Waals surface area contributed by atoms with Crippen LogP contribution in [0.4, 0.5) is 17.3 Å². The number of benzene rings is 1. The van der Waals surface area contributed by atoms with Crippen molar-refractivity contribution < 1.29 is 9.59 Å². The molecule has 27 heavy (non-hydrogen) atoms. The Morgan fingerprint density at radius 3 is 2.48 bits per heavy atom. The fraction of sp³-hybridized carbons (Fsp3) is 0.105. The molecule has 0 radical (unpaired) electrons. The van der Waals surface area contributed by atoms with Gasteiger partial charge in [-0.1, -0.05) is 12.1 Å². The molecular weight excluding hydrogens is 344 g/mol. The zero-order valence-corrected chi connectivity index (χ0v) is 14.6. The minimum absolute atomic E-state index is 0.183. The lowest BCUT2D eigenvalue weighted by atomic mass is 10.2. The van der Waals surface area contributed by atoms with E-state index in [1.54, 1.807) is 30.5 Å². The van der Waals surface area contributed by atoms with Gasteiger partial charge >= 0.3 is 0 Å². The molecule has 0 bridgehead atoms. The topological polar surface area (TPSA) is 109 Å². The number of nitrogens with one attached hydrogen (secondary N) is 3. The second-order valence-electron chi connectivity index (χ2n) is 5.66. The summed E-state index contributed by atoms with van der Waals surface area (Å²) in [5.41, 5.74) is 2.21. The summed E-state index contributed by atoms with van der Waals surface area (Å²) < 4.78 is 0. The third-order valence-corrected chi connectivity index (χ3v) is 3.48. The van der Waals surface area contributed by atoms with Crippen LogP contribution < -0.4 is 16.0 Å². The lowest BCUT2D eigenvalue weighted by Crippen LogP contribution is -2.15. The minimum atomic E-state index is -0.377. The van der Waals surface area contributed by atoms with Crippen molar-refractivity contribution in [2.75, 3.05) is 16.0 Å². The third kappa shape index (κ3) is 5.33. The Bertz CT molecular complexity index is 946. The van der Waals surface area contributed by atoms with Crippen LogP contribution >= 0.6 is 0 Å². The second kappa shape index (κ2) is 8.52. The molecule has 0 spiro atoms. The molecule has 3 rings (SSSR count). The van der Waals surface area contributed by atoms with Crippen LogP contribution in [0.2, 0.25) is 0 Å². The maximum Gasteiger partial charge on any atom is 0.274 e. The minimum Gasteiger partial charge on any atom is -0.349 e. The van der Waals surface area contributed by atoms with Crippen molar-refractivity contribution in [1.29, 1.82) is 0 Å². The van der Waals surface area contributed by atoms with Crippen molar-refractivity contribution in [3.63, 3.8) is 0 Å². The molecule has 0 unspecified atom stereocenters. The van der Waals surface area contributed by atoms with Gasteiger partial charge in [0.15, 0.2) is 0 Å². The summed E-state index contributed by atoms with van der Waals surface area (Å²) in [6.07, 6.45) is 3.22. The number of hydrogen-bond acceptors (Lipinski definition) is 6. The van der Waals surface area contributed by atoms with Crippen molar-refractivity contribution in [3.05, 3.63) is 72.3 Å². The Balaban J connectivity index is 1.65. The highest BCUT2D eigenvalue weighted by Crippen LogP contribution is 2.16. The van der Waals surface area contributed by atoms with E-state index in [-0.39, 0.29) is 17.5 Å². The quantitative estimate of drug-likeness (QED) is 0.622. The summed E-state index contributed by atoms with van der Waals surface area (Å²) in [7, 11) is 0. The first-order chi connectivity index (χ1) is 13.1. The Labute approximate surface area is 156 Å². The lowest BCUT2D eigenvalue weighted by molar-refractivity contribution is -0.114. The predicted molar refractivity (Wildman–Crippen MR) is 102 cm³/mol. The van der Waals surface area contributed by atoms with E-state index in [0.29, 0.717) is 23.9 Å². The molecule has 0 saturated heterocycles. The maximum absolute atomic E-state index is 12.4. The smallest absolute Gasteiger partial charge is 0.274 e. The van der Waals surface area contributed by atoms with E-state index in [0.717, 1.165) is 5.69 Å². The SMILES string of the molecule is CC(=O)Nc1cccc(NC(=O)c2ccnc(NCc3ccccn3)n2)c1. The van der Waals surface area contributed by atoms with Gasteiger partial charge in [0.2, 0.25) is 11.9 Å². The largest absolute Gasteiger partial charge is 0.349 e. The molecule has 3 aromatic rings. The third-order valence-electron chi connectivity index (χ3n) is 3.48. The predicted octanol–water partition coefficient (Wildman–Crippen LogP) is 2.69. The van der Waals surface area contributed by atoms with Crippen LogP contribution in [0.3, 0.4) is 0 Å². The number of pyridine rings is 1. The van der Waals surface area contributed by atoms with Crippen LogP contribution in [0.15, 0.2) is 60.9 Å². The average molecular weight is 362 g/mol. The van der Waals surface area contributed by atoms with E-state index in [1.165, 1.54) is 19.2 Å². The molecule has 8 heteroatoms. The van der Waals surface area contributed by atoms with Crippen LogP contribution in [0.5, 0.6) is 0 Å². The van der Waals surface area contributed by atoms with E-state index >= 15 is 0 Å². The van der Waals surface area contributed by atoms with Crippen LogP contribution in [-0.2, 0) is 11.3 Å². The maximum atomic E-state index is 12.4. The van der Waals surface area contributed by atoms with Crippen LogP contribution in [0.25, 0.3) is 0 Å². The summed E-state index contributed by atoms with van der Waals surface area (Å²) in [5.74, 6) is -0.225. The fourth-order valence-electron chi connectivity index (χ4n) is 2.32. The molecular formula is C19H18N6O2. The average Bonchev–Trinajstić information content (AvgIpc) is 2.67. The summed E-state index contributed by atoms with van der Waals surface area (Å²) in [6.45, 7) is 1.87. The van der Waals surface area contributed by atoms with Gasteiger partial charge in [-0.2, -0.15) is 0 Å². The van der Waals surface area contributed by atoms with Crippen molar-refractivity contribution in [3.8, 4) is 0 Å². The zero-order chi connectivity index (χ0) is 19.1. The molecule has 0 atom stereocenters. The highest BCUT2D eigenvalue weighted by molar-refractivity contribution is 6.03. The molecule has 136 valence electrons. The van der Waals surface area contributed by atoms with E-state index in [2.05, 4.69) is 30.9 Å². The highest BCUT2D eigenvalue weighted by atomic mass is 16.2. The van der Waals surface area contributed by atoms with E-state index in [9.17, 15) is 9.59 Å². The number of hydrogen-bond donors (Lipinski definition) is 3. The Kier molecular flexibility index (Phi) is 5.68. The summed E-state index contributed by atoms with van der Waals surface area (Å²) in [6, 6.07) is 14.0. The Morgan fingerprint density at radius 2 is 1.74 bits per heavy atom. The van der Waals surface area contributed by atoms with Crippen LogP contribution in [0.1, 0.15) is 23.1 Å². The second-order valence-corrected chi connectivity index (χ2v) is 5.66. The molecule has 2 amide bonds. The number of aromatic nitrogens is 3. The molecule has 0 fully saturated rings. The number of carbonyl (C=O) groups is 2. The fourth-order valence-corrected chi connectivity index (χ4v) is 2.32. The van der Waals surface area contributed by atoms with E-state index in [1.807, 2.05) is 18.2 Å². The van der Waals surface area contributed by atoms with Crippen molar-refractivity contribution >= 4 is 29.1 Å². The van der Waals surface area contributed by atoms with Gasteiger partial charge in [0, 0.05) is 30.7 Å². The first-order valence-corrected chi connectivity index (χ1v) is 8.26. The zero-order valence-electron chi connectivity index (χ0n) is 14.6. The number of amides is 2. The van der Waals surface area contributed by atoms with Gasteiger partial charge in [0.1, 0.15) is 5.69 Å². The van der Waals surface area contributed by atoms with Gasteiger partial charge in [-0.15, -0.1) is 0 Å². The van der Waals surface area contributed by atoms with Gasteiger partial charge in [-0.05, 0) is 36.4 Å². The number of carbonyl (C=O) groups excluding carboxylic acids is 2. The standard InChI is InChI=1S/C19H18N6O2/c1-13(26)23-14-6-4-7-15(11-14)24-18(27)17-8-10-21-19(25-17)22-12-16-5-2-3-9-20-16/h2-11H,12H2,1H3,(H,23,26)(H,24,27)(H,21,22,25). The molecule has 0 saturated carbocycles. The lowest BCUT2D eigenvalue weighted by Gasteiger charge is -2.09. The normalized spacial score (nSPS) is 10.1. The van der Waals surface area contributed by atoms with Crippen molar-refractivity contribution in [1.82, 2.24) is 15.0 Å². The molecule has 2 aromatic heterocycles. The monoisotopic (exact) mass is 362 g/mol. The first-order valence-electron chi connectivity index (χ1n) is 8.26. The van der Waals surface area contributed by atoms with E-state index in [4.69, 9.17) is 0 Å². The van der Waals surface area contributed by atoms with Crippen molar-refractivity contribution in [2.45, 2.75) is 13.5 Å². The Hall–Kier alpha value is -3.81. The molecule has 8 nitrogen and oxygen atoms in total. The highest BCUT2D eigenvalue weighted by Gasteiger charge is 2.10. The molecule has 0 aliphatic rings. The number of nitrogens with zero attached hydrogens (tertiary/aromatic N) is 3. The van der Waals surface area contributed by atoms with Gasteiger partial charge in [0.05, 0.1) is 12.2 Å². The molecule has 3 N–H and O–H groups in total. The van der Waals surface area contributed by atoms with Gasteiger partial charge in [0.25, 0.3) is 5.91 Å². The van der Waals surface area contributed by atoms with Crippen molar-refractivity contribution in [2.24, 2.45) is 0 Å². The molecule has 2 heterocycles. The molecule has 0 aliphatic carbocycles. The summed E-state index contributed by atoms with van der Waals surface area (Å²) in [4.78, 5) is 36.1. The Morgan fingerprint density at radius 1 is 0.926 bits per heavy atom. The number of rotatable bonds is 6. The van der Waals surface area contributed by atoms with Gasteiger partial charge < -0.3 is 16.0 Å². The molecule has 1 aromatic carbocycles. The van der Waals surface area contributed by atoms with Crippen LogP contribution in [-0.4, -0.2) is 26.8 Å². The number of anilines is 3. The van der Waals surface area contributed by atoms with Crippen LogP contribution in [0, 0.1) is 0 Å². The first kappa shape index (κ1) is 18.0. The van der Waals surface area contributed by atoms with Gasteiger partial charge in [-0.25, -0.2) is 9.97 Å². The van der Waals surface area contributed by atoms with E-state index < -0.39 is 0 Å². The molecule has 0 aliphatic heterocycles. The summed E-state index contributed by atoms with van der Waals surface area (Å²) in [5, 5.41) is 8.46. The summed E-state index contributed by atoms with van der Waals surface area (Å²) >= 11 is 0.